The number of benzene rings is 2. The molecule has 1 saturated heterocycles. The Morgan fingerprint density at radius 2 is 1.68 bits per heavy atom. The second-order valence-electron chi connectivity index (χ2n) is 7.28. The van der Waals surface area contributed by atoms with Crippen LogP contribution in [0.25, 0.3) is 6.08 Å². The van der Waals surface area contributed by atoms with Gasteiger partial charge in [-0.15, -0.1) is 0 Å². The van der Waals surface area contributed by atoms with E-state index in [9.17, 15) is 4.79 Å². The number of ether oxygens (including phenoxy) is 1. The van der Waals surface area contributed by atoms with E-state index in [4.69, 9.17) is 4.74 Å². The van der Waals surface area contributed by atoms with E-state index < -0.39 is 0 Å². The molecule has 0 aliphatic carbocycles. The summed E-state index contributed by atoms with van der Waals surface area (Å²) in [4.78, 5) is 15.3. The van der Waals surface area contributed by atoms with Gasteiger partial charge in [-0.2, -0.15) is 0 Å². The van der Waals surface area contributed by atoms with E-state index in [0.717, 1.165) is 44.0 Å². The van der Waals surface area contributed by atoms with Gasteiger partial charge in [-0.05, 0) is 17.7 Å². The molecule has 1 fully saturated rings. The van der Waals surface area contributed by atoms with Gasteiger partial charge in [0.15, 0.2) is 6.54 Å². The Kier molecular flexibility index (Phi) is 7.64. The monoisotopic (exact) mass is 381 g/mol. The quantitative estimate of drug-likeness (QED) is 0.594. The lowest BCUT2D eigenvalue weighted by atomic mass is 10.2. The van der Waals surface area contributed by atoms with Crippen molar-refractivity contribution in [2.24, 2.45) is 0 Å². The second-order valence-corrected chi connectivity index (χ2v) is 7.28. The Hall–Kier alpha value is -2.63. The van der Waals surface area contributed by atoms with Gasteiger partial charge in [0.1, 0.15) is 31.9 Å². The minimum Gasteiger partial charge on any atom is -0.496 e. The van der Waals surface area contributed by atoms with Gasteiger partial charge in [-0.1, -0.05) is 54.6 Å². The highest BCUT2D eigenvalue weighted by atomic mass is 16.5. The number of piperazine rings is 1. The van der Waals surface area contributed by atoms with Crippen LogP contribution in [0.1, 0.15) is 11.1 Å². The fourth-order valence-electron chi connectivity index (χ4n) is 3.60. The van der Waals surface area contributed by atoms with Gasteiger partial charge in [-0.3, -0.25) is 4.79 Å². The third-order valence-corrected chi connectivity index (χ3v) is 5.26. The molecule has 1 amide bonds. The van der Waals surface area contributed by atoms with Gasteiger partial charge in [0.05, 0.1) is 13.7 Å². The predicted molar refractivity (Wildman–Crippen MR) is 111 cm³/mol. The van der Waals surface area contributed by atoms with Gasteiger partial charge in [0.2, 0.25) is 0 Å². The van der Waals surface area contributed by atoms with Crippen molar-refractivity contribution in [3.05, 3.63) is 71.8 Å². The Morgan fingerprint density at radius 3 is 2.43 bits per heavy atom. The van der Waals surface area contributed by atoms with Crippen molar-refractivity contribution in [3.8, 4) is 5.75 Å². The second kappa shape index (κ2) is 10.6. The number of hydrogen-bond donors (Lipinski definition) is 3. The molecule has 1 aliphatic heterocycles. The molecule has 3 rings (SSSR count). The molecule has 1 heterocycles. The van der Waals surface area contributed by atoms with Crippen molar-refractivity contribution in [3.63, 3.8) is 0 Å². The highest BCUT2D eigenvalue weighted by molar-refractivity contribution is 5.76. The highest BCUT2D eigenvalue weighted by Gasteiger charge is 2.23. The summed E-state index contributed by atoms with van der Waals surface area (Å²) >= 11 is 0. The van der Waals surface area contributed by atoms with Crippen molar-refractivity contribution in [2.75, 3.05) is 46.4 Å². The summed E-state index contributed by atoms with van der Waals surface area (Å²) in [6, 6.07) is 18.2. The van der Waals surface area contributed by atoms with Crippen LogP contribution in [-0.2, 0) is 11.3 Å². The lowest BCUT2D eigenvalue weighted by Gasteiger charge is -2.28. The number of carbonyl (C=O) groups is 1. The lowest BCUT2D eigenvalue weighted by molar-refractivity contribution is -1.01. The maximum atomic E-state index is 12.3. The van der Waals surface area contributed by atoms with E-state index in [1.807, 2.05) is 30.3 Å². The molecule has 0 atom stereocenters. The molecule has 5 nitrogen and oxygen atoms in total. The van der Waals surface area contributed by atoms with Crippen LogP contribution in [0.3, 0.4) is 0 Å². The van der Waals surface area contributed by atoms with Crippen LogP contribution >= 0.6 is 0 Å². The predicted octanol–water partition coefficient (Wildman–Crippen LogP) is -0.192. The normalized spacial score (nSPS) is 19.5. The fraction of sp³-hybridized carbons (Fsp3) is 0.348. The zero-order valence-corrected chi connectivity index (χ0v) is 16.6. The van der Waals surface area contributed by atoms with Crippen LogP contribution in [0, 0.1) is 0 Å². The minimum absolute atomic E-state index is 0.105. The molecule has 2 aromatic carbocycles. The van der Waals surface area contributed by atoms with E-state index in [1.165, 1.54) is 10.5 Å². The number of nitrogens with one attached hydrogen (secondary N) is 3. The van der Waals surface area contributed by atoms with Crippen LogP contribution < -0.4 is 19.9 Å². The van der Waals surface area contributed by atoms with Crippen LogP contribution in [0.2, 0.25) is 0 Å². The molecule has 0 radical (unpaired) electrons. The minimum atomic E-state index is 0.105. The lowest BCUT2D eigenvalue weighted by Crippen LogP contribution is -3.28. The average Bonchev–Trinajstić information content (AvgIpc) is 2.74. The van der Waals surface area contributed by atoms with E-state index in [-0.39, 0.29) is 5.91 Å². The molecule has 28 heavy (non-hydrogen) atoms. The summed E-state index contributed by atoms with van der Waals surface area (Å²) in [7, 11) is 1.65. The molecular weight excluding hydrogens is 350 g/mol. The van der Waals surface area contributed by atoms with Gasteiger partial charge in [0.25, 0.3) is 5.91 Å². The van der Waals surface area contributed by atoms with Crippen molar-refractivity contribution < 1.29 is 19.3 Å². The molecule has 0 bridgehead atoms. The van der Waals surface area contributed by atoms with Crippen LogP contribution in [-0.4, -0.2) is 52.3 Å². The largest absolute Gasteiger partial charge is 0.496 e. The fourth-order valence-corrected chi connectivity index (χ4v) is 3.60. The number of quaternary nitrogens is 2. The van der Waals surface area contributed by atoms with E-state index in [2.05, 4.69) is 41.7 Å². The molecule has 1 aliphatic rings. The van der Waals surface area contributed by atoms with Crippen molar-refractivity contribution in [1.82, 2.24) is 5.32 Å². The Balaban J connectivity index is 1.35. The van der Waals surface area contributed by atoms with Crippen LogP contribution in [0.4, 0.5) is 0 Å². The zero-order chi connectivity index (χ0) is 19.6. The van der Waals surface area contributed by atoms with Crippen molar-refractivity contribution >= 4 is 12.0 Å². The Morgan fingerprint density at radius 1 is 1.00 bits per heavy atom. The zero-order valence-electron chi connectivity index (χ0n) is 16.6. The average molecular weight is 382 g/mol. The Labute approximate surface area is 167 Å². The first-order chi connectivity index (χ1) is 13.7. The van der Waals surface area contributed by atoms with E-state index in [1.54, 1.807) is 12.0 Å². The maximum Gasteiger partial charge on any atom is 0.275 e. The van der Waals surface area contributed by atoms with Crippen molar-refractivity contribution in [1.29, 1.82) is 0 Å². The van der Waals surface area contributed by atoms with Gasteiger partial charge in [0, 0.05) is 12.1 Å². The van der Waals surface area contributed by atoms with Gasteiger partial charge < -0.3 is 19.9 Å². The molecule has 0 unspecified atom stereocenters. The van der Waals surface area contributed by atoms with Gasteiger partial charge >= 0.3 is 0 Å². The topological polar surface area (TPSA) is 47.2 Å². The number of methoxy groups -OCH3 is 1. The Bertz CT molecular complexity index is 768. The summed E-state index contributed by atoms with van der Waals surface area (Å²) in [6.07, 6.45) is 4.45. The van der Waals surface area contributed by atoms with Crippen LogP contribution in [0.15, 0.2) is 60.7 Å². The number of rotatable bonds is 8. The first kappa shape index (κ1) is 20.1. The summed E-state index contributed by atoms with van der Waals surface area (Å²) < 4.78 is 5.33. The SMILES string of the molecule is COc1ccccc1CNC(=O)C[NH+]1CC[NH+](C/C=C/c2ccccc2)CC1. The van der Waals surface area contributed by atoms with E-state index in [0.29, 0.717) is 13.1 Å². The molecule has 0 saturated carbocycles. The summed E-state index contributed by atoms with van der Waals surface area (Å²) in [5.74, 6) is 0.921. The molecule has 3 N–H and O–H groups in total. The highest BCUT2D eigenvalue weighted by Crippen LogP contribution is 2.16. The van der Waals surface area contributed by atoms with E-state index >= 15 is 0 Å². The van der Waals surface area contributed by atoms with Crippen LogP contribution in [0.5, 0.6) is 5.75 Å². The molecule has 0 aromatic heterocycles. The molecule has 5 heteroatoms. The van der Waals surface area contributed by atoms with Gasteiger partial charge in [-0.25, -0.2) is 0 Å². The third-order valence-electron chi connectivity index (χ3n) is 5.26. The first-order valence-electron chi connectivity index (χ1n) is 10.0. The molecule has 148 valence electrons. The summed E-state index contributed by atoms with van der Waals surface area (Å²) in [5.41, 5.74) is 2.26. The first-order valence-corrected chi connectivity index (χ1v) is 10.0. The smallest absolute Gasteiger partial charge is 0.275 e. The maximum absolute atomic E-state index is 12.3. The molecule has 0 spiro atoms. The molecular formula is C23H31N3O2+2. The molecule has 2 aromatic rings. The number of carbonyl (C=O) groups excluding carboxylic acids is 1. The summed E-state index contributed by atoms with van der Waals surface area (Å²) in [6.45, 7) is 6.39. The summed E-state index contributed by atoms with van der Waals surface area (Å²) in [5, 5.41) is 3.03. The number of hydrogen-bond acceptors (Lipinski definition) is 2. The van der Waals surface area contributed by atoms with Crippen molar-refractivity contribution in [2.45, 2.75) is 6.54 Å². The number of para-hydroxylation sites is 1. The standard InChI is InChI=1S/C23H29N3O2/c1-28-22-12-6-5-11-21(22)18-24-23(27)19-26-16-14-25(15-17-26)13-7-10-20-8-3-2-4-9-20/h2-12H,13-19H2,1H3,(H,24,27)/p+2/b10-7+. The third kappa shape index (κ3) is 6.22. The number of amides is 1.